The predicted molar refractivity (Wildman–Crippen MR) is 333 cm³/mol. The highest BCUT2D eigenvalue weighted by molar-refractivity contribution is 5.76. The molecule has 75 heavy (non-hydrogen) atoms. The summed E-state index contributed by atoms with van der Waals surface area (Å²) in [6.45, 7) is 4.25. The minimum Gasteiger partial charge on any atom is -0.394 e. The van der Waals surface area contributed by atoms with E-state index in [1.54, 1.807) is 6.08 Å². The van der Waals surface area contributed by atoms with Gasteiger partial charge in [-0.3, -0.25) is 4.79 Å². The lowest BCUT2D eigenvalue weighted by atomic mass is 10.0. The average molecular weight is 1050 g/mol. The SMILES string of the molecule is CCCCCCCCCCCCCCC/C=C/CC/C=C/CC/C=C/C(O)C(CO)NC(=O)CC(O)CCCCCCCCCCCCCCCCCCCCCCCCCCCCCCCCCCCCCCC. The van der Waals surface area contributed by atoms with E-state index in [1.165, 1.54) is 315 Å². The minimum atomic E-state index is -0.960. The van der Waals surface area contributed by atoms with E-state index >= 15 is 0 Å². The molecule has 0 aliphatic heterocycles. The van der Waals surface area contributed by atoms with E-state index in [1.807, 2.05) is 6.08 Å². The highest BCUT2D eigenvalue weighted by Gasteiger charge is 2.20. The molecular formula is C70H135NO4. The van der Waals surface area contributed by atoms with E-state index in [-0.39, 0.29) is 18.9 Å². The first-order valence-electron chi connectivity index (χ1n) is 34.3. The summed E-state index contributed by atoms with van der Waals surface area (Å²) >= 11 is 0. The monoisotopic (exact) mass is 1050 g/mol. The Balaban J connectivity index is 3.49. The number of rotatable bonds is 64. The third-order valence-corrected chi connectivity index (χ3v) is 16.2. The highest BCUT2D eigenvalue weighted by atomic mass is 16.3. The van der Waals surface area contributed by atoms with E-state index in [0.717, 1.165) is 38.5 Å². The van der Waals surface area contributed by atoms with Gasteiger partial charge >= 0.3 is 0 Å². The Labute approximate surface area is 470 Å². The summed E-state index contributed by atoms with van der Waals surface area (Å²) in [5, 5.41) is 33.5. The summed E-state index contributed by atoms with van der Waals surface area (Å²) in [6.07, 6.45) is 86.9. The summed E-state index contributed by atoms with van der Waals surface area (Å²) in [7, 11) is 0. The standard InChI is InChI=1S/C70H135NO4/c1-3-5-7-9-11-13-15-17-19-21-23-25-27-28-29-30-31-32-33-34-35-36-37-38-39-40-42-43-45-47-49-51-53-55-57-59-61-63-67(73)65-70(75)71-68(66-72)69(74)64-62-60-58-56-54-52-50-48-46-44-41-26-24-22-20-18-16-14-12-10-8-6-4-2/h46,48,54,56,62,64,67-69,72-74H,3-45,47,49-53,55,57-61,63,65-66H2,1-2H3,(H,71,75)/b48-46+,56-54+,64-62+. The molecule has 0 aromatic carbocycles. The van der Waals surface area contributed by atoms with Crippen LogP contribution in [0.5, 0.6) is 0 Å². The third-order valence-electron chi connectivity index (χ3n) is 16.2. The fourth-order valence-corrected chi connectivity index (χ4v) is 11.0. The molecule has 0 aromatic rings. The van der Waals surface area contributed by atoms with Crippen molar-refractivity contribution in [2.45, 2.75) is 398 Å². The number of allylic oxidation sites excluding steroid dienone is 5. The van der Waals surface area contributed by atoms with Gasteiger partial charge in [-0.05, 0) is 44.9 Å². The summed E-state index contributed by atoms with van der Waals surface area (Å²) < 4.78 is 0. The third kappa shape index (κ3) is 61.6. The fraction of sp³-hybridized carbons (Fsp3) is 0.900. The summed E-state index contributed by atoms with van der Waals surface area (Å²) in [5.41, 5.74) is 0. The Morgan fingerprint density at radius 2 is 0.573 bits per heavy atom. The molecule has 0 radical (unpaired) electrons. The molecule has 0 aliphatic rings. The topological polar surface area (TPSA) is 89.8 Å². The second kappa shape index (κ2) is 65.1. The lowest BCUT2D eigenvalue weighted by Crippen LogP contribution is -2.45. The maximum absolute atomic E-state index is 12.6. The van der Waals surface area contributed by atoms with Gasteiger partial charge in [-0.15, -0.1) is 0 Å². The molecule has 444 valence electrons. The molecule has 0 aliphatic carbocycles. The molecule has 3 unspecified atom stereocenters. The van der Waals surface area contributed by atoms with E-state index in [4.69, 9.17) is 0 Å². The van der Waals surface area contributed by atoms with Crippen LogP contribution in [0.3, 0.4) is 0 Å². The van der Waals surface area contributed by atoms with Crippen molar-refractivity contribution in [2.24, 2.45) is 0 Å². The van der Waals surface area contributed by atoms with Gasteiger partial charge in [0.15, 0.2) is 0 Å². The Bertz CT molecular complexity index is 1170. The minimum absolute atomic E-state index is 0.00601. The molecule has 0 heterocycles. The zero-order valence-electron chi connectivity index (χ0n) is 51.0. The van der Waals surface area contributed by atoms with Gasteiger partial charge in [0.1, 0.15) is 0 Å². The van der Waals surface area contributed by atoms with Crippen LogP contribution in [0.4, 0.5) is 0 Å². The number of unbranched alkanes of at least 4 members (excludes halogenated alkanes) is 51. The lowest BCUT2D eigenvalue weighted by Gasteiger charge is -2.21. The van der Waals surface area contributed by atoms with Crippen LogP contribution in [0.15, 0.2) is 36.5 Å². The van der Waals surface area contributed by atoms with Crippen molar-refractivity contribution in [2.75, 3.05) is 6.61 Å². The number of nitrogens with one attached hydrogen (secondary N) is 1. The maximum Gasteiger partial charge on any atom is 0.222 e. The number of hydrogen-bond acceptors (Lipinski definition) is 4. The Hall–Kier alpha value is -1.43. The highest BCUT2D eigenvalue weighted by Crippen LogP contribution is 2.19. The second-order valence-corrected chi connectivity index (χ2v) is 23.8. The Kier molecular flexibility index (Phi) is 63.8. The van der Waals surface area contributed by atoms with Gasteiger partial charge in [-0.1, -0.05) is 365 Å². The fourth-order valence-electron chi connectivity index (χ4n) is 11.0. The molecule has 0 rings (SSSR count). The van der Waals surface area contributed by atoms with E-state index in [9.17, 15) is 20.1 Å². The molecule has 5 heteroatoms. The number of carbonyl (C=O) groups is 1. The van der Waals surface area contributed by atoms with E-state index < -0.39 is 18.2 Å². The number of amides is 1. The first-order chi connectivity index (χ1) is 37.0. The second-order valence-electron chi connectivity index (χ2n) is 23.8. The van der Waals surface area contributed by atoms with Crippen molar-refractivity contribution in [1.82, 2.24) is 5.32 Å². The van der Waals surface area contributed by atoms with Gasteiger partial charge in [0.05, 0.1) is 31.3 Å². The van der Waals surface area contributed by atoms with Gasteiger partial charge in [0.25, 0.3) is 0 Å². The van der Waals surface area contributed by atoms with Crippen molar-refractivity contribution in [3.8, 4) is 0 Å². The van der Waals surface area contributed by atoms with Crippen LogP contribution < -0.4 is 5.32 Å². The van der Waals surface area contributed by atoms with Crippen molar-refractivity contribution >= 4 is 5.91 Å². The van der Waals surface area contributed by atoms with E-state index in [2.05, 4.69) is 43.5 Å². The van der Waals surface area contributed by atoms with Gasteiger partial charge in [0, 0.05) is 0 Å². The predicted octanol–water partition coefficient (Wildman–Crippen LogP) is 22.1. The molecule has 3 atom stereocenters. The van der Waals surface area contributed by atoms with Gasteiger partial charge in [-0.2, -0.15) is 0 Å². The smallest absolute Gasteiger partial charge is 0.222 e. The molecule has 0 saturated heterocycles. The van der Waals surface area contributed by atoms with Crippen LogP contribution in [-0.4, -0.2) is 46.1 Å². The zero-order chi connectivity index (χ0) is 54.3. The van der Waals surface area contributed by atoms with Gasteiger partial charge in [-0.25, -0.2) is 0 Å². The molecule has 4 N–H and O–H groups in total. The average Bonchev–Trinajstić information content (AvgIpc) is 3.41. The Morgan fingerprint density at radius 3 is 0.853 bits per heavy atom. The molecule has 0 saturated carbocycles. The summed E-state index contributed by atoms with van der Waals surface area (Å²) in [6, 6.07) is -0.768. The number of aliphatic hydroxyl groups excluding tert-OH is 3. The van der Waals surface area contributed by atoms with Crippen molar-refractivity contribution in [3.05, 3.63) is 36.5 Å². The molecule has 5 nitrogen and oxygen atoms in total. The van der Waals surface area contributed by atoms with Gasteiger partial charge in [0.2, 0.25) is 5.91 Å². The molecule has 0 bridgehead atoms. The quantitative estimate of drug-likeness (QED) is 0.0361. The number of aliphatic hydroxyl groups is 3. The summed E-state index contributed by atoms with van der Waals surface area (Å²) in [5.74, 6) is -0.322. The zero-order valence-corrected chi connectivity index (χ0v) is 51.0. The molecule has 1 amide bonds. The molecule has 0 spiro atoms. The number of hydrogen-bond donors (Lipinski definition) is 4. The first kappa shape index (κ1) is 73.6. The maximum atomic E-state index is 12.6. The molecular weight excluding hydrogens is 919 g/mol. The Morgan fingerprint density at radius 1 is 0.333 bits per heavy atom. The van der Waals surface area contributed by atoms with Crippen LogP contribution >= 0.6 is 0 Å². The molecule has 0 fully saturated rings. The van der Waals surface area contributed by atoms with Crippen LogP contribution in [-0.2, 0) is 4.79 Å². The van der Waals surface area contributed by atoms with Crippen molar-refractivity contribution < 1.29 is 20.1 Å². The van der Waals surface area contributed by atoms with Crippen LogP contribution in [0.2, 0.25) is 0 Å². The van der Waals surface area contributed by atoms with Gasteiger partial charge < -0.3 is 20.6 Å². The summed E-state index contributed by atoms with van der Waals surface area (Å²) in [4.78, 5) is 12.6. The van der Waals surface area contributed by atoms with Crippen molar-refractivity contribution in [3.63, 3.8) is 0 Å². The van der Waals surface area contributed by atoms with E-state index in [0.29, 0.717) is 6.42 Å². The number of carbonyl (C=O) groups excluding carboxylic acids is 1. The lowest BCUT2D eigenvalue weighted by molar-refractivity contribution is -0.124. The molecule has 0 aromatic heterocycles. The first-order valence-corrected chi connectivity index (χ1v) is 34.3. The van der Waals surface area contributed by atoms with Crippen molar-refractivity contribution in [1.29, 1.82) is 0 Å². The largest absolute Gasteiger partial charge is 0.394 e. The van der Waals surface area contributed by atoms with Crippen LogP contribution in [0.1, 0.15) is 380 Å². The van der Waals surface area contributed by atoms with Crippen LogP contribution in [0, 0.1) is 0 Å². The van der Waals surface area contributed by atoms with Crippen LogP contribution in [0.25, 0.3) is 0 Å². The normalized spacial score (nSPS) is 13.3.